The molecular formula is C16H20N2O. The van der Waals surface area contributed by atoms with Gasteiger partial charge in [0.25, 0.3) is 0 Å². The van der Waals surface area contributed by atoms with E-state index < -0.39 is 0 Å². The second-order valence-corrected chi connectivity index (χ2v) is 5.22. The summed E-state index contributed by atoms with van der Waals surface area (Å²) in [5, 5.41) is 1.13. The van der Waals surface area contributed by atoms with Crippen LogP contribution in [0, 0.1) is 0 Å². The first-order valence-corrected chi connectivity index (χ1v) is 7.12. The smallest absolute Gasteiger partial charge is 0.214 e. The highest BCUT2D eigenvalue weighted by Crippen LogP contribution is 2.26. The number of pyridine rings is 1. The van der Waals surface area contributed by atoms with Crippen molar-refractivity contribution < 1.29 is 4.74 Å². The zero-order valence-electron chi connectivity index (χ0n) is 11.1. The Bertz CT molecular complexity index is 562. The van der Waals surface area contributed by atoms with Crippen LogP contribution >= 0.6 is 0 Å². The third-order valence-electron chi connectivity index (χ3n) is 3.84. The van der Waals surface area contributed by atoms with Crippen molar-refractivity contribution in [3.8, 4) is 5.88 Å². The number of hydrogen-bond donors (Lipinski definition) is 1. The summed E-state index contributed by atoms with van der Waals surface area (Å²) in [5.41, 5.74) is 7.91. The first-order chi connectivity index (χ1) is 9.36. The van der Waals surface area contributed by atoms with Gasteiger partial charge in [-0.2, -0.15) is 0 Å². The van der Waals surface area contributed by atoms with Crippen molar-refractivity contribution in [3.63, 3.8) is 0 Å². The summed E-state index contributed by atoms with van der Waals surface area (Å²) in [5.74, 6) is 0.728. The van der Waals surface area contributed by atoms with E-state index in [1.807, 2.05) is 24.3 Å². The van der Waals surface area contributed by atoms with Gasteiger partial charge in [-0.05, 0) is 37.3 Å². The van der Waals surface area contributed by atoms with Crippen LogP contribution in [0.4, 0.5) is 0 Å². The number of aromatic nitrogens is 1. The summed E-state index contributed by atoms with van der Waals surface area (Å²) in [7, 11) is 0. The first-order valence-electron chi connectivity index (χ1n) is 7.12. The number of fused-ring (bicyclic) bond motifs is 1. The lowest BCUT2D eigenvalue weighted by Gasteiger charge is -2.22. The number of para-hydroxylation sites is 1. The molecule has 2 N–H and O–H groups in total. The van der Waals surface area contributed by atoms with Crippen molar-refractivity contribution in [2.45, 2.75) is 44.8 Å². The number of hydrogen-bond acceptors (Lipinski definition) is 3. The number of nitrogens with zero attached hydrogens (tertiary/aromatic N) is 1. The van der Waals surface area contributed by atoms with Crippen LogP contribution in [0.5, 0.6) is 5.88 Å². The molecule has 1 heterocycles. The highest BCUT2D eigenvalue weighted by Gasteiger charge is 2.16. The molecule has 19 heavy (non-hydrogen) atoms. The quantitative estimate of drug-likeness (QED) is 0.915. The van der Waals surface area contributed by atoms with Crippen molar-refractivity contribution >= 4 is 10.9 Å². The summed E-state index contributed by atoms with van der Waals surface area (Å²) in [6, 6.07) is 10.1. The van der Waals surface area contributed by atoms with Gasteiger partial charge in [-0.15, -0.1) is 0 Å². The Kier molecular flexibility index (Phi) is 3.65. The van der Waals surface area contributed by atoms with Gasteiger partial charge in [0.05, 0.1) is 5.52 Å². The molecule has 1 aromatic heterocycles. The fraction of sp³-hybridized carbons (Fsp3) is 0.438. The molecule has 0 atom stereocenters. The minimum absolute atomic E-state index is 0.327. The van der Waals surface area contributed by atoms with Crippen LogP contribution in [0.3, 0.4) is 0 Å². The largest absolute Gasteiger partial charge is 0.474 e. The van der Waals surface area contributed by atoms with Gasteiger partial charge in [0.2, 0.25) is 5.88 Å². The maximum absolute atomic E-state index is 6.04. The van der Waals surface area contributed by atoms with Gasteiger partial charge in [0.15, 0.2) is 0 Å². The zero-order valence-corrected chi connectivity index (χ0v) is 11.1. The molecule has 1 saturated carbocycles. The Morgan fingerprint density at radius 2 is 1.95 bits per heavy atom. The minimum atomic E-state index is 0.327. The molecule has 1 aliphatic rings. The molecule has 100 valence electrons. The van der Waals surface area contributed by atoms with Crippen LogP contribution in [-0.4, -0.2) is 11.1 Å². The zero-order chi connectivity index (χ0) is 13.1. The van der Waals surface area contributed by atoms with E-state index >= 15 is 0 Å². The Balaban J connectivity index is 1.90. The highest BCUT2D eigenvalue weighted by molar-refractivity contribution is 5.82. The molecule has 0 bridgehead atoms. The van der Waals surface area contributed by atoms with Gasteiger partial charge >= 0.3 is 0 Å². The molecule has 1 aliphatic carbocycles. The molecule has 0 saturated heterocycles. The summed E-state index contributed by atoms with van der Waals surface area (Å²) >= 11 is 0. The average molecular weight is 256 g/mol. The molecule has 1 aromatic carbocycles. The summed E-state index contributed by atoms with van der Waals surface area (Å²) in [4.78, 5) is 4.60. The second kappa shape index (κ2) is 5.57. The van der Waals surface area contributed by atoms with E-state index in [1.165, 1.54) is 19.3 Å². The van der Waals surface area contributed by atoms with Crippen LogP contribution < -0.4 is 10.5 Å². The van der Waals surface area contributed by atoms with E-state index in [4.69, 9.17) is 10.5 Å². The third-order valence-corrected chi connectivity index (χ3v) is 3.84. The number of benzene rings is 1. The van der Waals surface area contributed by atoms with E-state index in [-0.39, 0.29) is 0 Å². The number of rotatable bonds is 3. The fourth-order valence-electron chi connectivity index (χ4n) is 2.80. The fourth-order valence-corrected chi connectivity index (χ4v) is 2.80. The van der Waals surface area contributed by atoms with Crippen molar-refractivity contribution in [1.82, 2.24) is 4.98 Å². The Morgan fingerprint density at radius 1 is 1.16 bits per heavy atom. The lowest BCUT2D eigenvalue weighted by molar-refractivity contribution is 0.149. The molecule has 0 radical (unpaired) electrons. The third kappa shape index (κ3) is 2.71. The van der Waals surface area contributed by atoms with E-state index in [2.05, 4.69) is 11.1 Å². The van der Waals surface area contributed by atoms with Crippen LogP contribution in [0.25, 0.3) is 10.9 Å². The number of ether oxygens (including phenoxy) is 1. The van der Waals surface area contributed by atoms with E-state index in [0.717, 1.165) is 35.2 Å². The van der Waals surface area contributed by atoms with Crippen LogP contribution in [0.15, 0.2) is 30.3 Å². The second-order valence-electron chi connectivity index (χ2n) is 5.22. The Morgan fingerprint density at radius 3 is 2.74 bits per heavy atom. The Labute approximate surface area is 113 Å². The van der Waals surface area contributed by atoms with Gasteiger partial charge in [0, 0.05) is 18.0 Å². The van der Waals surface area contributed by atoms with Crippen molar-refractivity contribution in [2.75, 3.05) is 0 Å². The maximum Gasteiger partial charge on any atom is 0.214 e. The van der Waals surface area contributed by atoms with Gasteiger partial charge in [-0.1, -0.05) is 24.6 Å². The Hall–Kier alpha value is -1.61. The van der Waals surface area contributed by atoms with Crippen LogP contribution in [0.2, 0.25) is 0 Å². The lowest BCUT2D eigenvalue weighted by Crippen LogP contribution is -2.20. The summed E-state index contributed by atoms with van der Waals surface area (Å²) in [6.07, 6.45) is 6.48. The topological polar surface area (TPSA) is 48.1 Å². The molecule has 0 spiro atoms. The predicted molar refractivity (Wildman–Crippen MR) is 77.1 cm³/mol. The van der Waals surface area contributed by atoms with Crippen LogP contribution in [-0.2, 0) is 6.54 Å². The lowest BCUT2D eigenvalue weighted by atomic mass is 9.98. The minimum Gasteiger partial charge on any atom is -0.474 e. The normalized spacial score (nSPS) is 16.7. The number of nitrogens with two attached hydrogens (primary N) is 1. The SMILES string of the molecule is NCc1cc(OC2CCCCC2)nc2ccccc12. The van der Waals surface area contributed by atoms with E-state index in [1.54, 1.807) is 0 Å². The van der Waals surface area contributed by atoms with Gasteiger partial charge < -0.3 is 10.5 Å². The van der Waals surface area contributed by atoms with Gasteiger partial charge in [-0.25, -0.2) is 4.98 Å². The molecule has 2 aromatic rings. The highest BCUT2D eigenvalue weighted by atomic mass is 16.5. The van der Waals surface area contributed by atoms with E-state index in [9.17, 15) is 0 Å². The summed E-state index contributed by atoms with van der Waals surface area (Å²) in [6.45, 7) is 0.518. The monoisotopic (exact) mass is 256 g/mol. The van der Waals surface area contributed by atoms with Crippen molar-refractivity contribution in [2.24, 2.45) is 5.73 Å². The van der Waals surface area contributed by atoms with Gasteiger partial charge in [0.1, 0.15) is 6.10 Å². The maximum atomic E-state index is 6.04. The standard InChI is InChI=1S/C16H20N2O/c17-11-12-10-16(19-13-6-2-1-3-7-13)18-15-9-5-4-8-14(12)15/h4-5,8-10,13H,1-3,6-7,11,17H2. The van der Waals surface area contributed by atoms with Crippen LogP contribution in [0.1, 0.15) is 37.7 Å². The summed E-state index contributed by atoms with van der Waals surface area (Å²) < 4.78 is 6.04. The molecule has 3 rings (SSSR count). The molecule has 3 nitrogen and oxygen atoms in total. The predicted octanol–water partition coefficient (Wildman–Crippen LogP) is 3.41. The molecule has 0 unspecified atom stereocenters. The van der Waals surface area contributed by atoms with E-state index in [0.29, 0.717) is 12.6 Å². The molecule has 0 amide bonds. The molecule has 3 heteroatoms. The first kappa shape index (κ1) is 12.4. The average Bonchev–Trinajstić information content (AvgIpc) is 2.47. The van der Waals surface area contributed by atoms with Gasteiger partial charge in [-0.3, -0.25) is 0 Å². The van der Waals surface area contributed by atoms with Crippen molar-refractivity contribution in [3.05, 3.63) is 35.9 Å². The van der Waals surface area contributed by atoms with Crippen molar-refractivity contribution in [1.29, 1.82) is 0 Å². The molecular weight excluding hydrogens is 236 g/mol. The molecule has 0 aliphatic heterocycles. The molecule has 1 fully saturated rings.